The molecule has 40 heavy (non-hydrogen) atoms. The number of benzene rings is 2. The molecular formula is C32H34N6OSi. The number of hydrogen-bond acceptors (Lipinski definition) is 5. The number of para-hydroxylation sites is 2. The summed E-state index contributed by atoms with van der Waals surface area (Å²) in [6.07, 6.45) is 8.47. The second-order valence-electron chi connectivity index (χ2n) is 11.3. The van der Waals surface area contributed by atoms with E-state index in [4.69, 9.17) is 14.8 Å². The summed E-state index contributed by atoms with van der Waals surface area (Å²) in [6, 6.07) is 19.8. The van der Waals surface area contributed by atoms with E-state index in [1.807, 2.05) is 53.6 Å². The Morgan fingerprint density at radius 1 is 0.900 bits per heavy atom. The molecule has 0 fully saturated rings. The van der Waals surface area contributed by atoms with Gasteiger partial charge in [0.05, 0.1) is 16.6 Å². The number of ether oxygens (including phenoxy) is 1. The summed E-state index contributed by atoms with van der Waals surface area (Å²) in [7, 11) is -1.18. The molecule has 0 aliphatic carbocycles. The summed E-state index contributed by atoms with van der Waals surface area (Å²) in [6.45, 7) is 10.4. The quantitative estimate of drug-likeness (QED) is 0.149. The number of hydrogen-bond donors (Lipinski definition) is 1. The molecule has 202 valence electrons. The number of nitrogens with zero attached hydrogens (tertiary/aromatic N) is 5. The largest absolute Gasteiger partial charge is 0.360 e. The van der Waals surface area contributed by atoms with Crippen LogP contribution in [0.4, 0.5) is 0 Å². The van der Waals surface area contributed by atoms with Gasteiger partial charge in [0.1, 0.15) is 12.4 Å². The van der Waals surface area contributed by atoms with E-state index in [9.17, 15) is 0 Å². The molecule has 1 N–H and O–H groups in total. The molecule has 6 aromatic rings. The van der Waals surface area contributed by atoms with Crippen LogP contribution in [0.3, 0.4) is 0 Å². The lowest BCUT2D eigenvalue weighted by Crippen LogP contribution is -2.22. The zero-order chi connectivity index (χ0) is 27.7. The fraction of sp³-hybridized carbons (Fsp3) is 0.250. The molecule has 0 aliphatic heterocycles. The van der Waals surface area contributed by atoms with Gasteiger partial charge < -0.3 is 9.72 Å². The van der Waals surface area contributed by atoms with Crippen LogP contribution < -0.4 is 0 Å². The summed E-state index contributed by atoms with van der Waals surface area (Å²) in [5, 5.41) is 6.04. The fourth-order valence-corrected chi connectivity index (χ4v) is 5.86. The van der Waals surface area contributed by atoms with E-state index in [0.29, 0.717) is 6.73 Å². The maximum absolute atomic E-state index is 6.12. The van der Waals surface area contributed by atoms with Crippen LogP contribution in [-0.4, -0.2) is 44.4 Å². The van der Waals surface area contributed by atoms with E-state index in [2.05, 4.69) is 65.8 Å². The third kappa shape index (κ3) is 5.20. The Bertz CT molecular complexity index is 1750. The first-order valence-electron chi connectivity index (χ1n) is 13.8. The van der Waals surface area contributed by atoms with Gasteiger partial charge in [-0.1, -0.05) is 50.8 Å². The Hall–Kier alpha value is -4.14. The molecule has 6 rings (SSSR count). The maximum Gasteiger partial charge on any atom is 0.159 e. The number of rotatable bonds is 9. The van der Waals surface area contributed by atoms with E-state index in [1.165, 1.54) is 5.56 Å². The minimum absolute atomic E-state index is 0.402. The highest BCUT2D eigenvalue weighted by atomic mass is 28.3. The lowest BCUT2D eigenvalue weighted by atomic mass is 9.93. The molecule has 0 saturated carbocycles. The van der Waals surface area contributed by atoms with E-state index in [-0.39, 0.29) is 0 Å². The zero-order valence-electron chi connectivity index (χ0n) is 23.5. The number of aromatic nitrogens is 6. The average Bonchev–Trinajstić information content (AvgIpc) is 3.56. The second-order valence-corrected chi connectivity index (χ2v) is 17.0. The normalized spacial score (nSPS) is 12.0. The molecule has 0 aliphatic rings. The predicted molar refractivity (Wildman–Crippen MR) is 165 cm³/mol. The van der Waals surface area contributed by atoms with Gasteiger partial charge >= 0.3 is 0 Å². The average molecular weight is 547 g/mol. The molecule has 0 spiro atoms. The van der Waals surface area contributed by atoms with Gasteiger partial charge in [0.15, 0.2) is 5.82 Å². The van der Waals surface area contributed by atoms with Crippen LogP contribution in [0, 0.1) is 0 Å². The molecule has 2 aromatic carbocycles. The summed E-state index contributed by atoms with van der Waals surface area (Å²) < 4.78 is 8.07. The standard InChI is InChI=1S/C32H34N6OSi/c1-5-24-26(19-34-20-27(24)23-9-8-14-33-18-23)22-12-13-30-25(17-22)31(32-35-28-10-6-7-11-29(28)36-32)37-38(30)21-39-15-16-40(2,3)4/h6-14,17-20H,5,15-16,21H2,1-4H3,(H,35,36). The fourth-order valence-electron chi connectivity index (χ4n) is 5.10. The van der Waals surface area contributed by atoms with Crippen molar-refractivity contribution in [2.24, 2.45) is 0 Å². The molecular weight excluding hydrogens is 512 g/mol. The van der Waals surface area contributed by atoms with E-state index >= 15 is 0 Å². The van der Waals surface area contributed by atoms with Crippen molar-refractivity contribution >= 4 is 30.0 Å². The Labute approximate surface area is 235 Å². The Morgan fingerprint density at radius 3 is 2.48 bits per heavy atom. The van der Waals surface area contributed by atoms with Crippen molar-refractivity contribution in [2.75, 3.05) is 6.61 Å². The molecule has 0 unspecified atom stereocenters. The first-order chi connectivity index (χ1) is 19.4. The number of imidazole rings is 1. The van der Waals surface area contributed by atoms with Crippen LogP contribution in [0.1, 0.15) is 12.5 Å². The molecule has 4 heterocycles. The number of nitrogens with one attached hydrogen (secondary N) is 1. The van der Waals surface area contributed by atoms with Gasteiger partial charge in [-0.25, -0.2) is 9.67 Å². The highest BCUT2D eigenvalue weighted by Crippen LogP contribution is 2.35. The van der Waals surface area contributed by atoms with Crippen LogP contribution in [0.25, 0.3) is 55.7 Å². The van der Waals surface area contributed by atoms with Gasteiger partial charge in [-0.05, 0) is 53.9 Å². The second kappa shape index (κ2) is 10.8. The summed E-state index contributed by atoms with van der Waals surface area (Å²) in [4.78, 5) is 17.3. The Morgan fingerprint density at radius 2 is 1.73 bits per heavy atom. The highest BCUT2D eigenvalue weighted by molar-refractivity contribution is 6.76. The third-order valence-corrected chi connectivity index (χ3v) is 8.97. The Kier molecular flexibility index (Phi) is 7.04. The van der Waals surface area contributed by atoms with Crippen molar-refractivity contribution in [2.45, 2.75) is 45.8 Å². The van der Waals surface area contributed by atoms with Gasteiger partial charge in [-0.15, -0.1) is 0 Å². The van der Waals surface area contributed by atoms with Gasteiger partial charge in [0.2, 0.25) is 0 Å². The van der Waals surface area contributed by atoms with E-state index < -0.39 is 8.07 Å². The first-order valence-corrected chi connectivity index (χ1v) is 17.5. The number of fused-ring (bicyclic) bond motifs is 2. The molecule has 0 atom stereocenters. The SMILES string of the molecule is CCc1c(-c2cccnc2)cncc1-c1ccc2c(c1)c(-c1nc3ccccc3[nH]1)nn2COCC[Si](C)(C)C. The van der Waals surface area contributed by atoms with Crippen molar-refractivity contribution < 1.29 is 4.74 Å². The van der Waals surface area contributed by atoms with Crippen molar-refractivity contribution in [1.82, 2.24) is 29.7 Å². The van der Waals surface area contributed by atoms with Crippen LogP contribution in [0.15, 0.2) is 79.4 Å². The minimum Gasteiger partial charge on any atom is -0.360 e. The lowest BCUT2D eigenvalue weighted by molar-refractivity contribution is 0.0818. The molecule has 7 nitrogen and oxygen atoms in total. The van der Waals surface area contributed by atoms with E-state index in [0.717, 1.165) is 74.8 Å². The molecule has 0 saturated heterocycles. The van der Waals surface area contributed by atoms with E-state index in [1.54, 1.807) is 6.20 Å². The van der Waals surface area contributed by atoms with Gasteiger partial charge in [0.25, 0.3) is 0 Å². The molecule has 0 radical (unpaired) electrons. The smallest absolute Gasteiger partial charge is 0.159 e. The van der Waals surface area contributed by atoms with Crippen LogP contribution in [0.2, 0.25) is 25.7 Å². The van der Waals surface area contributed by atoms with Crippen molar-refractivity contribution in [1.29, 1.82) is 0 Å². The van der Waals surface area contributed by atoms with Crippen molar-refractivity contribution in [3.05, 3.63) is 84.9 Å². The topological polar surface area (TPSA) is 81.5 Å². The van der Waals surface area contributed by atoms with Gasteiger partial charge in [0, 0.05) is 61.5 Å². The van der Waals surface area contributed by atoms with Gasteiger partial charge in [-0.2, -0.15) is 5.10 Å². The number of aromatic amines is 1. The van der Waals surface area contributed by atoms with Crippen LogP contribution >= 0.6 is 0 Å². The first kappa shape index (κ1) is 26.1. The lowest BCUT2D eigenvalue weighted by Gasteiger charge is -2.15. The molecule has 8 heteroatoms. The molecule has 0 bridgehead atoms. The third-order valence-electron chi connectivity index (χ3n) is 7.27. The van der Waals surface area contributed by atoms with Crippen LogP contribution in [0.5, 0.6) is 0 Å². The minimum atomic E-state index is -1.18. The van der Waals surface area contributed by atoms with Crippen molar-refractivity contribution in [3.63, 3.8) is 0 Å². The predicted octanol–water partition coefficient (Wildman–Crippen LogP) is 7.58. The van der Waals surface area contributed by atoms with Gasteiger partial charge in [-0.3, -0.25) is 9.97 Å². The Balaban J connectivity index is 1.46. The molecule has 0 amide bonds. The summed E-state index contributed by atoms with van der Waals surface area (Å²) in [5.74, 6) is 0.752. The monoisotopic (exact) mass is 546 g/mol. The van der Waals surface area contributed by atoms with Crippen LogP contribution in [-0.2, 0) is 17.9 Å². The molecule has 4 aromatic heterocycles. The highest BCUT2D eigenvalue weighted by Gasteiger charge is 2.19. The number of pyridine rings is 2. The summed E-state index contributed by atoms with van der Waals surface area (Å²) in [5.41, 5.74) is 9.37. The maximum atomic E-state index is 6.12. The zero-order valence-corrected chi connectivity index (χ0v) is 24.5. The number of H-pyrrole nitrogens is 1. The van der Waals surface area contributed by atoms with Crippen molar-refractivity contribution in [3.8, 4) is 33.8 Å². The summed E-state index contributed by atoms with van der Waals surface area (Å²) >= 11 is 0.